The molecule has 0 saturated carbocycles. The molecule has 34 heavy (non-hydrogen) atoms. The largest absolute Gasteiger partial charge is 1.00 e. The summed E-state index contributed by atoms with van der Waals surface area (Å²) in [6, 6.07) is 15.4. The molecule has 2 atom stereocenters. The molecule has 174 valence electrons. The monoisotopic (exact) mass is 518 g/mol. The summed E-state index contributed by atoms with van der Waals surface area (Å²) < 4.78 is 30.9. The van der Waals surface area contributed by atoms with Crippen molar-refractivity contribution in [1.82, 2.24) is 0 Å². The van der Waals surface area contributed by atoms with Crippen LogP contribution in [0, 0.1) is 0 Å². The summed E-state index contributed by atoms with van der Waals surface area (Å²) in [6.45, 7) is 0. The minimum absolute atomic E-state index is 0. The fourth-order valence-corrected chi connectivity index (χ4v) is 4.03. The van der Waals surface area contributed by atoms with Gasteiger partial charge in [0, 0.05) is 5.56 Å². The fraction of sp³-hybridized carbons (Fsp3) is 0.0500. The molecule has 0 radical (unpaired) electrons. The van der Waals surface area contributed by atoms with Crippen LogP contribution in [0.1, 0.15) is 27.0 Å². The number of hydrogen-bond acceptors (Lipinski definition) is 7. The van der Waals surface area contributed by atoms with Gasteiger partial charge < -0.3 is 29.0 Å². The minimum atomic E-state index is -5.07. The molecule has 11 nitrogen and oxygen atoms in total. The Kier molecular flexibility index (Phi) is 8.90. The van der Waals surface area contributed by atoms with Crippen molar-refractivity contribution in [3.63, 3.8) is 0 Å². The minimum Gasteiger partial charge on any atom is -0.746 e. The van der Waals surface area contributed by atoms with Crippen LogP contribution in [-0.4, -0.2) is 30.9 Å². The van der Waals surface area contributed by atoms with E-state index in [0.29, 0.717) is 0 Å². The maximum absolute atomic E-state index is 11.8. The molecule has 2 unspecified atom stereocenters. The van der Waals surface area contributed by atoms with Gasteiger partial charge in [-0.1, -0.05) is 42.5 Å². The number of hydrogen-bond donors (Lipinski definition) is 5. The summed E-state index contributed by atoms with van der Waals surface area (Å²) in [5.74, 6) is -1.77. The Morgan fingerprint density at radius 3 is 1.65 bits per heavy atom. The van der Waals surface area contributed by atoms with E-state index in [2.05, 4.69) is 9.05 Å². The maximum atomic E-state index is 11.8. The molecule has 0 aromatic heterocycles. The first-order chi connectivity index (χ1) is 15.3. The number of phosphoric ester groups is 2. The predicted molar refractivity (Wildman–Crippen MR) is 112 cm³/mol. The summed E-state index contributed by atoms with van der Waals surface area (Å²) in [4.78, 5) is 49.6. The molecule has 0 spiro atoms. The van der Waals surface area contributed by atoms with E-state index in [1.165, 1.54) is 60.7 Å². The van der Waals surface area contributed by atoms with Crippen molar-refractivity contribution >= 4 is 21.6 Å². The van der Waals surface area contributed by atoms with Crippen LogP contribution < -0.4 is 43.5 Å². The summed E-state index contributed by atoms with van der Waals surface area (Å²) in [6.07, 6.45) is 0. The Balaban J connectivity index is 0.00000408. The smallest absolute Gasteiger partial charge is 0.746 e. The van der Waals surface area contributed by atoms with E-state index in [0.717, 1.165) is 12.1 Å². The molecular formula is C20H17NaO11P2. The van der Waals surface area contributed by atoms with Crippen LogP contribution in [0.15, 0.2) is 72.8 Å². The van der Waals surface area contributed by atoms with E-state index in [1.54, 1.807) is 0 Å². The summed E-state index contributed by atoms with van der Waals surface area (Å²) in [5.41, 5.74) is -2.15. The first-order valence-corrected chi connectivity index (χ1v) is 12.1. The van der Waals surface area contributed by atoms with Crippen LogP contribution in [0.4, 0.5) is 0 Å². The Labute approximate surface area is 215 Å². The maximum Gasteiger partial charge on any atom is 1.00 e. The van der Waals surface area contributed by atoms with E-state index in [4.69, 9.17) is 14.7 Å². The van der Waals surface area contributed by atoms with Crippen molar-refractivity contribution in [2.75, 3.05) is 0 Å². The van der Waals surface area contributed by atoms with Crippen LogP contribution in [0.2, 0.25) is 0 Å². The molecule has 14 heteroatoms. The van der Waals surface area contributed by atoms with E-state index in [1.807, 2.05) is 0 Å². The summed E-state index contributed by atoms with van der Waals surface area (Å²) >= 11 is 0. The van der Waals surface area contributed by atoms with Gasteiger partial charge in [-0.05, 0) is 41.5 Å². The van der Waals surface area contributed by atoms with Crippen molar-refractivity contribution in [2.24, 2.45) is 0 Å². The zero-order valence-corrected chi connectivity index (χ0v) is 21.3. The zero-order valence-electron chi connectivity index (χ0n) is 17.5. The predicted octanol–water partition coefficient (Wildman–Crippen LogP) is -1.02. The number of carboxylic acids is 1. The van der Waals surface area contributed by atoms with Crippen molar-refractivity contribution in [3.8, 4) is 11.5 Å². The van der Waals surface area contributed by atoms with Gasteiger partial charge in [0.15, 0.2) is 0 Å². The molecule has 0 fully saturated rings. The standard InChI is InChI=1S/C20H18O11P2.Na/c21-19(22)17-3-1-2-4-18(17)20(23,13-5-9-15(10-6-13)30-32(24,25)26)14-7-11-16(12-8-14)31-33(27,28)29;/h1-12,23H,(H,21,22)(H2,24,25,26)(H2,27,28,29);/q;+1/p-1. The SMILES string of the molecule is O=C(O)c1ccccc1C(O)(c1ccc(OP(=O)([O-])O)cc1)c1ccc(OP(=O)(O)O)cc1.[Na+]. The van der Waals surface area contributed by atoms with Crippen LogP contribution in [0.3, 0.4) is 0 Å². The number of benzene rings is 3. The van der Waals surface area contributed by atoms with E-state index < -0.39 is 27.2 Å². The van der Waals surface area contributed by atoms with Gasteiger partial charge in [0.2, 0.25) is 0 Å². The third-order valence-corrected chi connectivity index (χ3v) is 5.43. The van der Waals surface area contributed by atoms with Gasteiger partial charge in [-0.25, -0.2) is 9.36 Å². The molecule has 0 aliphatic rings. The van der Waals surface area contributed by atoms with Gasteiger partial charge >= 0.3 is 51.2 Å². The number of carbonyl (C=O) groups is 1. The average molecular weight is 518 g/mol. The van der Waals surface area contributed by atoms with Crippen LogP contribution in [0.25, 0.3) is 0 Å². The quantitative estimate of drug-likeness (QED) is 0.139. The molecule has 3 aromatic carbocycles. The van der Waals surface area contributed by atoms with Crippen LogP contribution in [-0.2, 0) is 14.7 Å². The topological polar surface area (TPSA) is 194 Å². The first kappa shape index (κ1) is 28.2. The Morgan fingerprint density at radius 2 is 1.24 bits per heavy atom. The zero-order chi connectivity index (χ0) is 24.4. The average Bonchev–Trinajstić information content (AvgIpc) is 2.72. The van der Waals surface area contributed by atoms with Gasteiger partial charge in [0.25, 0.3) is 0 Å². The Hall–Kier alpha value is -2.01. The summed E-state index contributed by atoms with van der Waals surface area (Å²) in [7, 11) is -9.90. The molecule has 3 aromatic rings. The Morgan fingerprint density at radius 1 is 0.794 bits per heavy atom. The van der Waals surface area contributed by atoms with Crippen molar-refractivity contribution < 1.29 is 82.3 Å². The molecule has 0 amide bonds. The molecule has 0 heterocycles. The number of phosphoric acid groups is 2. The molecule has 0 saturated heterocycles. The normalized spacial score (nSPS) is 14.7. The molecule has 0 bridgehead atoms. The Bertz CT molecular complexity index is 1180. The van der Waals surface area contributed by atoms with Gasteiger partial charge in [-0.3, -0.25) is 14.4 Å². The van der Waals surface area contributed by atoms with Gasteiger partial charge in [-0.2, -0.15) is 0 Å². The number of aromatic carboxylic acids is 1. The first-order valence-electron chi connectivity index (χ1n) is 9.04. The third kappa shape index (κ3) is 6.78. The molecule has 0 aliphatic carbocycles. The van der Waals surface area contributed by atoms with Gasteiger partial charge in [0.05, 0.1) is 5.56 Å². The number of rotatable bonds is 8. The van der Waals surface area contributed by atoms with Crippen molar-refractivity contribution in [1.29, 1.82) is 0 Å². The molecule has 3 rings (SSSR count). The van der Waals surface area contributed by atoms with Gasteiger partial charge in [0.1, 0.15) is 17.1 Å². The van der Waals surface area contributed by atoms with E-state index in [9.17, 15) is 29.0 Å². The van der Waals surface area contributed by atoms with E-state index in [-0.39, 0.29) is 63.3 Å². The molecule has 0 aliphatic heterocycles. The molecule has 5 N–H and O–H groups in total. The molecular weight excluding hydrogens is 501 g/mol. The third-order valence-electron chi connectivity index (χ3n) is 4.54. The second-order valence-electron chi connectivity index (χ2n) is 6.75. The fourth-order valence-electron chi connectivity index (χ4n) is 3.25. The van der Waals surface area contributed by atoms with Crippen molar-refractivity contribution in [2.45, 2.75) is 5.60 Å². The second kappa shape index (κ2) is 10.7. The van der Waals surface area contributed by atoms with Gasteiger partial charge in [-0.15, -0.1) is 0 Å². The van der Waals surface area contributed by atoms with Crippen LogP contribution in [0.5, 0.6) is 11.5 Å². The number of aliphatic hydroxyl groups is 1. The number of carboxylic acid groups (broad SMARTS) is 1. The second-order valence-corrected chi connectivity index (χ2v) is 9.04. The summed E-state index contributed by atoms with van der Waals surface area (Å²) in [5, 5.41) is 21.5. The van der Waals surface area contributed by atoms with Crippen LogP contribution >= 0.6 is 15.6 Å². The van der Waals surface area contributed by atoms with Crippen molar-refractivity contribution in [3.05, 3.63) is 95.1 Å². The van der Waals surface area contributed by atoms with E-state index >= 15 is 0 Å².